The molecule has 0 bridgehead atoms. The van der Waals surface area contributed by atoms with E-state index in [-0.39, 0.29) is 11.2 Å². The number of aliphatic hydroxyl groups is 3. The summed E-state index contributed by atoms with van der Waals surface area (Å²) in [6.07, 6.45) is -1.95. The molecular formula is C5H9BrO3. The Morgan fingerprint density at radius 3 is 1.78 bits per heavy atom. The van der Waals surface area contributed by atoms with Gasteiger partial charge in [0.15, 0.2) is 0 Å². The first-order chi connectivity index (χ1) is 4.13. The van der Waals surface area contributed by atoms with Crippen molar-refractivity contribution in [3.8, 4) is 0 Å². The zero-order valence-corrected chi connectivity index (χ0v) is 6.32. The maximum Gasteiger partial charge on any atom is 0.0949 e. The number of hydrogen-bond donors (Lipinski definition) is 3. The summed E-state index contributed by atoms with van der Waals surface area (Å²) in [5.41, 5.74) is 0. The maximum atomic E-state index is 8.98. The van der Waals surface area contributed by atoms with E-state index in [1.54, 1.807) is 0 Å². The molecule has 9 heavy (non-hydrogen) atoms. The van der Waals surface area contributed by atoms with Crippen molar-refractivity contribution in [1.29, 1.82) is 0 Å². The van der Waals surface area contributed by atoms with Gasteiger partial charge in [0.05, 0.1) is 23.1 Å². The average Bonchev–Trinajstić information content (AvgIpc) is 1.98. The van der Waals surface area contributed by atoms with Crippen LogP contribution in [0.4, 0.5) is 0 Å². The van der Waals surface area contributed by atoms with Crippen molar-refractivity contribution in [2.24, 2.45) is 0 Å². The first-order valence-electron chi connectivity index (χ1n) is 2.81. The van der Waals surface area contributed by atoms with Gasteiger partial charge in [-0.1, -0.05) is 15.9 Å². The lowest BCUT2D eigenvalue weighted by Crippen LogP contribution is -2.27. The molecule has 3 N–H and O–H groups in total. The van der Waals surface area contributed by atoms with Crippen LogP contribution >= 0.6 is 15.9 Å². The summed E-state index contributed by atoms with van der Waals surface area (Å²) >= 11 is 3.05. The van der Waals surface area contributed by atoms with Crippen LogP contribution in [0, 0.1) is 0 Å². The van der Waals surface area contributed by atoms with Gasteiger partial charge in [-0.15, -0.1) is 0 Å². The van der Waals surface area contributed by atoms with Gasteiger partial charge in [-0.3, -0.25) is 0 Å². The molecule has 0 aromatic rings. The molecule has 1 rings (SSSR count). The SMILES string of the molecule is O[C@@H]1[C@@H](Br)[C@@H](O)C[C@H]1O. The summed E-state index contributed by atoms with van der Waals surface area (Å²) < 4.78 is 0. The van der Waals surface area contributed by atoms with Crippen molar-refractivity contribution < 1.29 is 15.3 Å². The Balaban J connectivity index is 2.54. The van der Waals surface area contributed by atoms with Crippen LogP contribution in [0.25, 0.3) is 0 Å². The molecule has 0 saturated heterocycles. The van der Waals surface area contributed by atoms with E-state index in [4.69, 9.17) is 15.3 Å². The molecule has 1 fully saturated rings. The molecule has 3 nitrogen and oxygen atoms in total. The van der Waals surface area contributed by atoms with Gasteiger partial charge in [-0.05, 0) is 0 Å². The van der Waals surface area contributed by atoms with E-state index in [2.05, 4.69) is 15.9 Å². The van der Waals surface area contributed by atoms with Crippen LogP contribution in [0.1, 0.15) is 6.42 Å². The predicted octanol–water partition coefficient (Wildman–Crippen LogP) is -0.764. The Morgan fingerprint density at radius 2 is 1.67 bits per heavy atom. The minimum Gasteiger partial charge on any atom is -0.392 e. The second-order valence-corrected chi connectivity index (χ2v) is 3.36. The zero-order chi connectivity index (χ0) is 7.02. The van der Waals surface area contributed by atoms with Gasteiger partial charge >= 0.3 is 0 Å². The van der Waals surface area contributed by atoms with Crippen LogP contribution in [0.3, 0.4) is 0 Å². The van der Waals surface area contributed by atoms with E-state index < -0.39 is 18.3 Å². The van der Waals surface area contributed by atoms with Gasteiger partial charge in [0, 0.05) is 6.42 Å². The van der Waals surface area contributed by atoms with Crippen molar-refractivity contribution in [2.45, 2.75) is 29.6 Å². The fourth-order valence-electron chi connectivity index (χ4n) is 0.957. The minimum absolute atomic E-state index is 0.261. The van der Waals surface area contributed by atoms with Crippen molar-refractivity contribution >= 4 is 15.9 Å². The smallest absolute Gasteiger partial charge is 0.0949 e. The van der Waals surface area contributed by atoms with Gasteiger partial charge in [-0.2, -0.15) is 0 Å². The fraction of sp³-hybridized carbons (Fsp3) is 1.00. The van der Waals surface area contributed by atoms with Crippen LogP contribution < -0.4 is 0 Å². The van der Waals surface area contributed by atoms with Crippen molar-refractivity contribution in [3.63, 3.8) is 0 Å². The lowest BCUT2D eigenvalue weighted by atomic mass is 10.3. The molecular weight excluding hydrogens is 188 g/mol. The van der Waals surface area contributed by atoms with Gasteiger partial charge in [0.1, 0.15) is 0 Å². The number of hydrogen-bond acceptors (Lipinski definition) is 3. The molecule has 1 aliphatic rings. The predicted molar refractivity (Wildman–Crippen MR) is 35.4 cm³/mol. The van der Waals surface area contributed by atoms with Crippen LogP contribution in [0.2, 0.25) is 0 Å². The third kappa shape index (κ3) is 1.26. The van der Waals surface area contributed by atoms with E-state index in [0.29, 0.717) is 0 Å². The fourth-order valence-corrected chi connectivity index (χ4v) is 1.52. The van der Waals surface area contributed by atoms with E-state index >= 15 is 0 Å². The molecule has 0 aromatic heterocycles. The summed E-state index contributed by atoms with van der Waals surface area (Å²) in [7, 11) is 0. The van der Waals surface area contributed by atoms with Crippen LogP contribution in [-0.4, -0.2) is 38.5 Å². The summed E-state index contributed by atoms with van der Waals surface area (Å²) in [6, 6.07) is 0. The molecule has 4 heteroatoms. The highest BCUT2D eigenvalue weighted by atomic mass is 79.9. The van der Waals surface area contributed by atoms with E-state index in [0.717, 1.165) is 0 Å². The van der Waals surface area contributed by atoms with Gasteiger partial charge < -0.3 is 15.3 Å². The third-order valence-corrected chi connectivity index (χ3v) is 2.72. The van der Waals surface area contributed by atoms with E-state index in [1.165, 1.54) is 0 Å². The van der Waals surface area contributed by atoms with Gasteiger partial charge in [0.2, 0.25) is 0 Å². The third-order valence-electron chi connectivity index (χ3n) is 1.57. The molecule has 0 heterocycles. The molecule has 0 unspecified atom stereocenters. The lowest BCUT2D eigenvalue weighted by molar-refractivity contribution is 0.0469. The second kappa shape index (κ2) is 2.54. The Hall–Kier alpha value is 0.360. The molecule has 0 aliphatic heterocycles. The first-order valence-corrected chi connectivity index (χ1v) is 3.72. The Kier molecular flexibility index (Phi) is 2.10. The molecule has 1 aliphatic carbocycles. The molecule has 1 saturated carbocycles. The number of aliphatic hydroxyl groups excluding tert-OH is 3. The highest BCUT2D eigenvalue weighted by Gasteiger charge is 2.38. The van der Waals surface area contributed by atoms with Crippen LogP contribution in [-0.2, 0) is 0 Å². The topological polar surface area (TPSA) is 60.7 Å². The van der Waals surface area contributed by atoms with Crippen molar-refractivity contribution in [3.05, 3.63) is 0 Å². The standard InChI is InChI=1S/C5H9BrO3/c6-4-2(7)1-3(8)5(4)9/h2-5,7-9H,1H2/t2-,3+,4-,5-/m0/s1. The van der Waals surface area contributed by atoms with E-state index in [9.17, 15) is 0 Å². The van der Waals surface area contributed by atoms with Crippen molar-refractivity contribution in [2.75, 3.05) is 0 Å². The van der Waals surface area contributed by atoms with Crippen LogP contribution in [0.5, 0.6) is 0 Å². The van der Waals surface area contributed by atoms with Gasteiger partial charge in [-0.25, -0.2) is 0 Å². The minimum atomic E-state index is -0.819. The second-order valence-electron chi connectivity index (χ2n) is 2.31. The van der Waals surface area contributed by atoms with E-state index in [1.807, 2.05) is 0 Å². The van der Waals surface area contributed by atoms with Crippen molar-refractivity contribution in [1.82, 2.24) is 0 Å². The summed E-state index contributed by atoms with van der Waals surface area (Å²) in [4.78, 5) is -0.368. The molecule has 4 atom stereocenters. The number of rotatable bonds is 0. The molecule has 0 spiro atoms. The monoisotopic (exact) mass is 196 g/mol. The van der Waals surface area contributed by atoms with Gasteiger partial charge in [0.25, 0.3) is 0 Å². The average molecular weight is 197 g/mol. The Morgan fingerprint density at radius 1 is 1.11 bits per heavy atom. The zero-order valence-electron chi connectivity index (χ0n) is 4.74. The molecule has 0 aromatic carbocycles. The Bertz CT molecular complexity index is 96.4. The first kappa shape index (κ1) is 7.47. The highest BCUT2D eigenvalue weighted by Crippen LogP contribution is 2.26. The molecule has 0 amide bonds. The van der Waals surface area contributed by atoms with Crippen LogP contribution in [0.15, 0.2) is 0 Å². The number of alkyl halides is 1. The maximum absolute atomic E-state index is 8.98. The highest BCUT2D eigenvalue weighted by molar-refractivity contribution is 9.09. The normalized spacial score (nSPS) is 52.0. The number of halogens is 1. The molecule has 0 radical (unpaired) electrons. The Labute approximate surface area is 61.4 Å². The quantitative estimate of drug-likeness (QED) is 0.447. The summed E-state index contributed by atoms with van der Waals surface area (Å²) in [5, 5.41) is 26.8. The summed E-state index contributed by atoms with van der Waals surface area (Å²) in [6.45, 7) is 0. The molecule has 54 valence electrons. The lowest BCUT2D eigenvalue weighted by Gasteiger charge is -2.09. The summed E-state index contributed by atoms with van der Waals surface area (Å²) in [5.74, 6) is 0. The largest absolute Gasteiger partial charge is 0.392 e.